The first-order valence-electron chi connectivity index (χ1n) is 16.1. The average molecular weight is 694 g/mol. The number of β-amino-alcohol motifs (C(OH)–C–C–N with tert-alkyl or cyclic N) is 1. The number of aryl methyl sites for hydroxylation is 1. The number of anilines is 2. The second-order valence-electron chi connectivity index (χ2n) is 12.1. The number of thiophene rings is 1. The number of benzene rings is 2. The number of hydrogen-bond acceptors (Lipinski definition) is 11. The van der Waals surface area contributed by atoms with Crippen LogP contribution < -0.4 is 10.1 Å². The molecule has 4 aromatic rings. The van der Waals surface area contributed by atoms with Crippen LogP contribution in [0.25, 0.3) is 15.8 Å². The Balaban J connectivity index is 1.13. The maximum absolute atomic E-state index is 13.5. The van der Waals surface area contributed by atoms with Crippen molar-refractivity contribution in [1.29, 1.82) is 0 Å². The molecule has 1 fully saturated rings. The summed E-state index contributed by atoms with van der Waals surface area (Å²) >= 11 is 8.21. The van der Waals surface area contributed by atoms with Gasteiger partial charge in [0.15, 0.2) is 0 Å². The summed E-state index contributed by atoms with van der Waals surface area (Å²) in [5, 5.41) is 22.1. The van der Waals surface area contributed by atoms with E-state index in [0.29, 0.717) is 29.7 Å². The number of hydrogen-bond donors (Lipinski definition) is 2. The second kappa shape index (κ2) is 15.7. The van der Waals surface area contributed by atoms with Crippen LogP contribution in [0.15, 0.2) is 59.6 Å². The predicted octanol–water partition coefficient (Wildman–Crippen LogP) is 6.03. The molecule has 2 N–H and O–H groups in total. The van der Waals surface area contributed by atoms with Gasteiger partial charge < -0.3 is 19.9 Å². The molecule has 0 saturated carbocycles. The number of allylic oxidation sites excluding steroid dienone is 2. The lowest BCUT2D eigenvalue weighted by atomic mass is 9.94. The van der Waals surface area contributed by atoms with Crippen LogP contribution in [0.5, 0.6) is 5.75 Å². The number of nitrogens with one attached hydrogen (secondary N) is 1. The van der Waals surface area contributed by atoms with E-state index in [1.165, 1.54) is 17.7 Å². The molecule has 0 spiro atoms. The lowest BCUT2D eigenvalue weighted by molar-refractivity contribution is 0.0494. The number of aliphatic hydroxyl groups is 1. The fourth-order valence-corrected chi connectivity index (χ4v) is 7.80. The Kier molecular flexibility index (Phi) is 11.2. The summed E-state index contributed by atoms with van der Waals surface area (Å²) in [6, 6.07) is 11.8. The summed E-state index contributed by atoms with van der Waals surface area (Å²) in [5.74, 6) is 0.903. The molecule has 1 atom stereocenters. The van der Waals surface area contributed by atoms with Gasteiger partial charge in [-0.3, -0.25) is 14.8 Å². The molecule has 2 aromatic heterocycles. The highest BCUT2D eigenvalue weighted by Crippen LogP contribution is 2.44. The Morgan fingerprint density at radius 3 is 2.71 bits per heavy atom. The number of piperazine rings is 1. The Labute approximate surface area is 289 Å². The molecule has 3 heterocycles. The second-order valence-corrected chi connectivity index (χ2v) is 13.5. The third-order valence-corrected chi connectivity index (χ3v) is 10.4. The van der Waals surface area contributed by atoms with Crippen molar-refractivity contribution in [3.05, 3.63) is 81.3 Å². The quantitative estimate of drug-likeness (QED) is 0.121. The lowest BCUT2D eigenvalue weighted by Gasteiger charge is -2.36. The van der Waals surface area contributed by atoms with Gasteiger partial charge in [0.25, 0.3) is 0 Å². The molecule has 0 amide bonds. The van der Waals surface area contributed by atoms with Gasteiger partial charge >= 0.3 is 0 Å². The highest BCUT2D eigenvalue weighted by Gasteiger charge is 2.28. The highest BCUT2D eigenvalue weighted by molar-refractivity contribution is 7.20. The van der Waals surface area contributed by atoms with Gasteiger partial charge in [0.1, 0.15) is 35.1 Å². The van der Waals surface area contributed by atoms with Gasteiger partial charge in [-0.2, -0.15) is 5.10 Å². The molecular formula is C35H41ClFN7O3S. The van der Waals surface area contributed by atoms with Crippen LogP contribution in [0, 0.1) is 5.82 Å². The lowest BCUT2D eigenvalue weighted by Crippen LogP contribution is -2.50. The van der Waals surface area contributed by atoms with Crippen LogP contribution in [0.1, 0.15) is 29.3 Å². The SMILES string of the molecule is C=NN(CC(O)CN1CCN(CCOC)CC1)C1=C(C)c2sc3ncnc(Nc4ccc(OCc5cccc(F)c5)c(Cl)c4)c3c2CC1. The Bertz CT molecular complexity index is 1780. The number of hydrazone groups is 1. The molecule has 48 heavy (non-hydrogen) atoms. The van der Waals surface area contributed by atoms with Gasteiger partial charge in [0.05, 0.1) is 29.7 Å². The summed E-state index contributed by atoms with van der Waals surface area (Å²) in [4.78, 5) is 16.0. The largest absolute Gasteiger partial charge is 0.487 e. The third kappa shape index (κ3) is 7.96. The van der Waals surface area contributed by atoms with Gasteiger partial charge in [-0.05, 0) is 66.8 Å². The Morgan fingerprint density at radius 2 is 1.96 bits per heavy atom. The van der Waals surface area contributed by atoms with Gasteiger partial charge in [-0.1, -0.05) is 23.7 Å². The summed E-state index contributed by atoms with van der Waals surface area (Å²) in [7, 11) is 1.73. The maximum Gasteiger partial charge on any atom is 0.142 e. The van der Waals surface area contributed by atoms with Crippen molar-refractivity contribution in [1.82, 2.24) is 24.8 Å². The van der Waals surface area contributed by atoms with Gasteiger partial charge in [0, 0.05) is 69.4 Å². The van der Waals surface area contributed by atoms with Crippen molar-refractivity contribution >= 4 is 57.0 Å². The fourth-order valence-electron chi connectivity index (χ4n) is 6.36. The molecule has 1 unspecified atom stereocenters. The maximum atomic E-state index is 13.5. The molecular weight excluding hydrogens is 653 g/mol. The van der Waals surface area contributed by atoms with Gasteiger partial charge in [0.2, 0.25) is 0 Å². The number of fused-ring (bicyclic) bond motifs is 3. The van der Waals surface area contributed by atoms with Crippen molar-refractivity contribution < 1.29 is 19.0 Å². The van der Waals surface area contributed by atoms with Crippen molar-refractivity contribution in [2.24, 2.45) is 5.10 Å². The van der Waals surface area contributed by atoms with Crippen LogP contribution >= 0.6 is 22.9 Å². The average Bonchev–Trinajstić information content (AvgIpc) is 3.47. The highest BCUT2D eigenvalue weighted by atomic mass is 35.5. The molecule has 254 valence electrons. The fraction of sp³-hybridized carbons (Fsp3) is 0.400. The van der Waals surface area contributed by atoms with E-state index in [-0.39, 0.29) is 12.4 Å². The number of rotatable bonds is 14. The van der Waals surface area contributed by atoms with Gasteiger partial charge in [-0.25, -0.2) is 14.4 Å². The number of aliphatic hydroxyl groups excluding tert-OH is 1. The normalized spacial score (nSPS) is 16.2. The van der Waals surface area contributed by atoms with Crippen molar-refractivity contribution in [2.45, 2.75) is 32.5 Å². The van der Waals surface area contributed by atoms with E-state index in [0.717, 1.165) is 89.8 Å². The van der Waals surface area contributed by atoms with E-state index in [1.807, 2.05) is 11.1 Å². The van der Waals surface area contributed by atoms with Crippen LogP contribution in [-0.4, -0.2) is 102 Å². The minimum absolute atomic E-state index is 0.206. The summed E-state index contributed by atoms with van der Waals surface area (Å²) in [6.07, 6.45) is 2.54. The standard InChI is InChI=1S/C35H41ClFN7O3S/c1-23-30(44(38-2)20-27(45)19-43-13-11-42(12-14-43)15-16-46-3)9-8-28-32-34(39-22-40-35(32)48-33(23)28)41-26-7-10-31(29(36)18-26)47-21-24-5-4-6-25(37)17-24/h4-7,10,17-18,22,27,45H,2,8-9,11-16,19-21H2,1,3H3,(H,39,40,41). The van der Waals surface area contributed by atoms with E-state index >= 15 is 0 Å². The molecule has 1 aliphatic heterocycles. The van der Waals surface area contributed by atoms with E-state index in [2.05, 4.69) is 43.8 Å². The zero-order valence-electron chi connectivity index (χ0n) is 27.3. The molecule has 1 saturated heterocycles. The first-order chi connectivity index (χ1) is 23.3. The van der Waals surface area contributed by atoms with Gasteiger partial charge in [-0.15, -0.1) is 11.3 Å². The Hall–Kier alpha value is -3.65. The number of aromatic nitrogens is 2. The number of halogens is 2. The summed E-state index contributed by atoms with van der Waals surface area (Å²) in [5.41, 5.74) is 4.85. The predicted molar refractivity (Wildman–Crippen MR) is 191 cm³/mol. The molecule has 2 aliphatic rings. The first kappa shape index (κ1) is 34.2. The minimum Gasteiger partial charge on any atom is -0.487 e. The molecule has 6 rings (SSSR count). The van der Waals surface area contributed by atoms with Crippen molar-refractivity contribution in [3.8, 4) is 5.75 Å². The molecule has 10 nitrogen and oxygen atoms in total. The van der Waals surface area contributed by atoms with Crippen molar-refractivity contribution in [2.75, 3.05) is 64.8 Å². The molecule has 2 aromatic carbocycles. The van der Waals surface area contributed by atoms with Crippen LogP contribution in [0.3, 0.4) is 0 Å². The Morgan fingerprint density at radius 1 is 1.15 bits per heavy atom. The monoisotopic (exact) mass is 693 g/mol. The number of nitrogens with zero attached hydrogens (tertiary/aromatic N) is 6. The molecule has 1 aliphatic carbocycles. The smallest absolute Gasteiger partial charge is 0.142 e. The topological polar surface area (TPSA) is 98.6 Å². The van der Waals surface area contributed by atoms with E-state index in [9.17, 15) is 9.50 Å². The van der Waals surface area contributed by atoms with Crippen LogP contribution in [0.4, 0.5) is 15.9 Å². The van der Waals surface area contributed by atoms with E-state index in [4.69, 9.17) is 21.1 Å². The molecule has 13 heteroatoms. The van der Waals surface area contributed by atoms with Crippen LogP contribution in [-0.2, 0) is 17.8 Å². The van der Waals surface area contributed by atoms with Crippen molar-refractivity contribution in [3.63, 3.8) is 0 Å². The van der Waals surface area contributed by atoms with E-state index < -0.39 is 6.10 Å². The summed E-state index contributed by atoms with van der Waals surface area (Å²) < 4.78 is 24.6. The molecule has 0 bridgehead atoms. The summed E-state index contributed by atoms with van der Waals surface area (Å²) in [6.45, 7) is 12.6. The molecule has 0 radical (unpaired) electrons. The van der Waals surface area contributed by atoms with E-state index in [1.54, 1.807) is 49.0 Å². The number of ether oxygens (including phenoxy) is 2. The zero-order valence-corrected chi connectivity index (χ0v) is 28.9. The first-order valence-corrected chi connectivity index (χ1v) is 17.3. The van der Waals surface area contributed by atoms with Crippen LogP contribution in [0.2, 0.25) is 5.02 Å². The number of methoxy groups -OCH3 is 1. The minimum atomic E-state index is -0.559. The third-order valence-electron chi connectivity index (χ3n) is 8.86. The zero-order chi connectivity index (χ0) is 33.6.